The minimum absolute atomic E-state index is 0.0604. The van der Waals surface area contributed by atoms with Crippen molar-refractivity contribution in [2.75, 3.05) is 0 Å². The molecule has 0 aromatic heterocycles. The van der Waals surface area contributed by atoms with Crippen LogP contribution in [0.25, 0.3) is 77.2 Å². The Morgan fingerprint density at radius 3 is 1.46 bits per heavy atom. The maximum atomic E-state index is 2.51. The first-order valence-corrected chi connectivity index (χ1v) is 17.9. The van der Waals surface area contributed by atoms with E-state index in [1.54, 1.807) is 0 Å². The second-order valence-corrected chi connectivity index (χ2v) is 15.3. The van der Waals surface area contributed by atoms with E-state index in [9.17, 15) is 0 Å². The summed E-state index contributed by atoms with van der Waals surface area (Å²) < 4.78 is 0. The van der Waals surface area contributed by atoms with Gasteiger partial charge in [-0.1, -0.05) is 179 Å². The van der Waals surface area contributed by atoms with E-state index in [4.69, 9.17) is 0 Å². The predicted octanol–water partition coefficient (Wildman–Crippen LogP) is 13.6. The van der Waals surface area contributed by atoms with Crippen molar-refractivity contribution in [1.29, 1.82) is 0 Å². The third-order valence-corrected chi connectivity index (χ3v) is 11.9. The highest BCUT2D eigenvalue weighted by molar-refractivity contribution is 6.21. The molecule has 238 valence electrons. The lowest BCUT2D eigenvalue weighted by Crippen LogP contribution is -2.18. The van der Waals surface area contributed by atoms with Gasteiger partial charge in [-0.05, 0) is 105 Å². The van der Waals surface area contributed by atoms with Crippen LogP contribution in [0.5, 0.6) is 0 Å². The van der Waals surface area contributed by atoms with Crippen LogP contribution in [0.1, 0.15) is 49.9 Å². The summed E-state index contributed by atoms with van der Waals surface area (Å²) >= 11 is 0. The van der Waals surface area contributed by atoms with Crippen LogP contribution in [0.2, 0.25) is 0 Å². The highest BCUT2D eigenvalue weighted by atomic mass is 14.5. The summed E-state index contributed by atoms with van der Waals surface area (Å²) in [6.07, 6.45) is 0. The first-order chi connectivity index (χ1) is 24.3. The van der Waals surface area contributed by atoms with E-state index in [-0.39, 0.29) is 10.8 Å². The molecular weight excluding hydrogens is 601 g/mol. The molecule has 0 nitrogen and oxygen atoms in total. The smallest absolute Gasteiger partial charge is 0.0165 e. The summed E-state index contributed by atoms with van der Waals surface area (Å²) in [5, 5.41) is 5.15. The Labute approximate surface area is 294 Å². The zero-order valence-corrected chi connectivity index (χ0v) is 29.0. The normalized spacial score (nSPS) is 14.7. The largest absolute Gasteiger partial charge is 0.0622 e. The summed E-state index contributed by atoms with van der Waals surface area (Å²) in [6.45, 7) is 9.65. The average molecular weight is 639 g/mol. The van der Waals surface area contributed by atoms with E-state index < -0.39 is 0 Å². The minimum atomic E-state index is -0.118. The molecule has 0 spiro atoms. The van der Waals surface area contributed by atoms with Crippen LogP contribution in [0.15, 0.2) is 158 Å². The molecule has 0 saturated carbocycles. The van der Waals surface area contributed by atoms with Crippen molar-refractivity contribution in [3.63, 3.8) is 0 Å². The molecule has 0 saturated heterocycles. The Hall–Kier alpha value is -5.72. The molecule has 10 rings (SSSR count). The second-order valence-electron chi connectivity index (χ2n) is 15.3. The molecule has 0 heterocycles. The fraction of sp³-hybridized carbons (Fsp3) is 0.120. The first kappa shape index (κ1) is 29.2. The summed E-state index contributed by atoms with van der Waals surface area (Å²) in [7, 11) is 0. The Morgan fingerprint density at radius 2 is 0.800 bits per heavy atom. The van der Waals surface area contributed by atoms with E-state index in [2.05, 4.69) is 185 Å². The van der Waals surface area contributed by atoms with Gasteiger partial charge in [0.05, 0.1) is 0 Å². The molecule has 0 amide bonds. The molecule has 0 N–H and O–H groups in total. The fourth-order valence-electron chi connectivity index (χ4n) is 9.46. The molecule has 0 heteroatoms. The molecule has 0 radical (unpaired) electrons. The zero-order valence-electron chi connectivity index (χ0n) is 29.0. The van der Waals surface area contributed by atoms with E-state index in [0.717, 1.165) is 0 Å². The molecule has 0 aliphatic heterocycles. The van der Waals surface area contributed by atoms with Crippen molar-refractivity contribution in [2.24, 2.45) is 0 Å². The lowest BCUT2D eigenvalue weighted by molar-refractivity contribution is 0.647. The molecular formula is C50H38. The maximum Gasteiger partial charge on any atom is 0.0165 e. The predicted molar refractivity (Wildman–Crippen MR) is 213 cm³/mol. The van der Waals surface area contributed by atoms with Gasteiger partial charge in [0, 0.05) is 10.8 Å². The third-order valence-electron chi connectivity index (χ3n) is 11.9. The van der Waals surface area contributed by atoms with Crippen molar-refractivity contribution >= 4 is 21.5 Å². The molecule has 0 atom stereocenters. The third kappa shape index (κ3) is 3.94. The van der Waals surface area contributed by atoms with Crippen molar-refractivity contribution in [2.45, 2.75) is 38.5 Å². The van der Waals surface area contributed by atoms with Gasteiger partial charge in [0.15, 0.2) is 0 Å². The lowest BCUT2D eigenvalue weighted by Gasteiger charge is -2.26. The van der Waals surface area contributed by atoms with Crippen LogP contribution in [0.4, 0.5) is 0 Å². The highest BCUT2D eigenvalue weighted by Gasteiger charge is 2.44. The zero-order chi connectivity index (χ0) is 33.8. The number of fused-ring (bicyclic) bond motifs is 9. The standard InChI is InChI=1S/C50H38/c1-49(2)43-29-28-40-35-16-12-13-21-42(35)50(3,4)48(40)47(43)41-27-26-34(30-44(41)49)46-38-19-10-8-17-36(38)45(37-18-9-11-20-39(37)46)33-24-22-32(23-25-33)31-14-6-5-7-15-31/h5-30H,1-4H3. The van der Waals surface area contributed by atoms with Crippen LogP contribution in [0.3, 0.4) is 0 Å². The maximum absolute atomic E-state index is 2.51. The number of hydrogen-bond acceptors (Lipinski definition) is 0. The van der Waals surface area contributed by atoms with Crippen molar-refractivity contribution in [3.8, 4) is 55.6 Å². The summed E-state index contributed by atoms with van der Waals surface area (Å²) in [5.41, 5.74) is 18.8. The van der Waals surface area contributed by atoms with Gasteiger partial charge in [-0.3, -0.25) is 0 Å². The number of rotatable bonds is 3. The van der Waals surface area contributed by atoms with Gasteiger partial charge in [-0.2, -0.15) is 0 Å². The van der Waals surface area contributed by atoms with Gasteiger partial charge >= 0.3 is 0 Å². The quantitative estimate of drug-likeness (QED) is 0.169. The molecule has 8 aromatic carbocycles. The second kappa shape index (κ2) is 10.4. The number of hydrogen-bond donors (Lipinski definition) is 0. The molecule has 0 bridgehead atoms. The minimum Gasteiger partial charge on any atom is -0.0622 e. The van der Waals surface area contributed by atoms with Gasteiger partial charge < -0.3 is 0 Å². The van der Waals surface area contributed by atoms with Crippen LogP contribution in [-0.2, 0) is 10.8 Å². The molecule has 0 fully saturated rings. The van der Waals surface area contributed by atoms with Crippen LogP contribution in [-0.4, -0.2) is 0 Å². The SMILES string of the molecule is CC1(C)c2cc(-c3c4ccccc4c(-c4ccc(-c5ccccc5)cc4)c4ccccc34)ccc2-c2c1ccc1c2C(C)(C)c2ccccc2-1. The Balaban J connectivity index is 1.18. The fourth-order valence-corrected chi connectivity index (χ4v) is 9.46. The highest BCUT2D eigenvalue weighted by Crippen LogP contribution is 2.59. The van der Waals surface area contributed by atoms with Crippen molar-refractivity contribution < 1.29 is 0 Å². The summed E-state index contributed by atoms with van der Waals surface area (Å²) in [5.74, 6) is 0. The monoisotopic (exact) mass is 638 g/mol. The van der Waals surface area contributed by atoms with Crippen LogP contribution < -0.4 is 0 Å². The Morgan fingerprint density at radius 1 is 0.300 bits per heavy atom. The van der Waals surface area contributed by atoms with Gasteiger partial charge in [0.25, 0.3) is 0 Å². The van der Waals surface area contributed by atoms with E-state index >= 15 is 0 Å². The lowest BCUT2D eigenvalue weighted by atomic mass is 9.77. The number of benzene rings is 8. The average Bonchev–Trinajstić information content (AvgIpc) is 3.53. The Kier molecular flexibility index (Phi) is 6.07. The first-order valence-electron chi connectivity index (χ1n) is 17.9. The van der Waals surface area contributed by atoms with Gasteiger partial charge in [0.2, 0.25) is 0 Å². The molecule has 50 heavy (non-hydrogen) atoms. The summed E-state index contributed by atoms with van der Waals surface area (Å²) in [4.78, 5) is 0. The Bertz CT molecular complexity index is 2610. The van der Waals surface area contributed by atoms with E-state index in [1.165, 1.54) is 99.4 Å². The van der Waals surface area contributed by atoms with Crippen LogP contribution >= 0.6 is 0 Å². The molecule has 2 aliphatic carbocycles. The van der Waals surface area contributed by atoms with Gasteiger partial charge in [0.1, 0.15) is 0 Å². The van der Waals surface area contributed by atoms with E-state index in [0.29, 0.717) is 0 Å². The van der Waals surface area contributed by atoms with Crippen molar-refractivity contribution in [3.05, 3.63) is 180 Å². The molecule has 0 unspecified atom stereocenters. The van der Waals surface area contributed by atoms with Gasteiger partial charge in [-0.15, -0.1) is 0 Å². The van der Waals surface area contributed by atoms with Gasteiger partial charge in [-0.25, -0.2) is 0 Å². The van der Waals surface area contributed by atoms with E-state index in [1.807, 2.05) is 0 Å². The molecule has 2 aliphatic rings. The van der Waals surface area contributed by atoms with Crippen molar-refractivity contribution in [1.82, 2.24) is 0 Å². The van der Waals surface area contributed by atoms with Crippen LogP contribution in [0, 0.1) is 0 Å². The molecule has 8 aromatic rings. The summed E-state index contributed by atoms with van der Waals surface area (Å²) in [6, 6.07) is 58.9. The topological polar surface area (TPSA) is 0 Å².